The molecule has 0 aliphatic heterocycles. The first kappa shape index (κ1) is 12.0. The van der Waals surface area contributed by atoms with Crippen LogP contribution in [-0.2, 0) is 0 Å². The van der Waals surface area contributed by atoms with Gasteiger partial charge in [-0.3, -0.25) is 0 Å². The third kappa shape index (κ3) is 4.99. The van der Waals surface area contributed by atoms with Crippen LogP contribution in [0.1, 0.15) is 71.1 Å². The van der Waals surface area contributed by atoms with Crippen LogP contribution >= 0.6 is 0 Å². The van der Waals surface area contributed by atoms with Crippen molar-refractivity contribution < 1.29 is 5.11 Å². The number of hydrogen-bond donors (Lipinski definition) is 1. The summed E-state index contributed by atoms with van der Waals surface area (Å²) in [6.45, 7) is 2.19. The molecule has 1 rings (SSSR count). The second kappa shape index (κ2) is 7.28. The van der Waals surface area contributed by atoms with E-state index in [2.05, 4.69) is 6.92 Å². The van der Waals surface area contributed by atoms with Crippen molar-refractivity contribution >= 4 is 0 Å². The van der Waals surface area contributed by atoms with Gasteiger partial charge in [-0.15, -0.1) is 0 Å². The van der Waals surface area contributed by atoms with Crippen molar-refractivity contribution in [3.05, 3.63) is 0 Å². The van der Waals surface area contributed by atoms with Crippen molar-refractivity contribution in [2.24, 2.45) is 5.92 Å². The number of aliphatic hydroxyl groups is 1. The van der Waals surface area contributed by atoms with E-state index in [1.807, 2.05) is 0 Å². The smallest absolute Gasteiger partial charge is 0.0542 e. The fourth-order valence-corrected chi connectivity index (χ4v) is 2.54. The normalized spacial score (nSPS) is 21.9. The molecule has 1 aliphatic rings. The molecule has 0 aromatic heterocycles. The Kier molecular flexibility index (Phi) is 6.25. The van der Waals surface area contributed by atoms with Crippen LogP contribution in [0.15, 0.2) is 0 Å². The predicted octanol–water partition coefficient (Wildman–Crippen LogP) is 3.90. The molecule has 84 valence electrons. The number of hydrogen-bond acceptors (Lipinski definition) is 1. The van der Waals surface area contributed by atoms with Crippen LogP contribution in [0, 0.1) is 5.92 Å². The van der Waals surface area contributed by atoms with Crippen molar-refractivity contribution in [1.82, 2.24) is 0 Å². The molecule has 1 heteroatoms. The van der Waals surface area contributed by atoms with Gasteiger partial charge < -0.3 is 5.11 Å². The highest BCUT2D eigenvalue weighted by atomic mass is 16.3. The van der Waals surface area contributed by atoms with E-state index in [1.165, 1.54) is 51.4 Å². The summed E-state index contributed by atoms with van der Waals surface area (Å²) in [6, 6.07) is 0. The lowest BCUT2D eigenvalue weighted by atomic mass is 9.92. The summed E-state index contributed by atoms with van der Waals surface area (Å²) in [6.07, 6.45) is 12.8. The van der Waals surface area contributed by atoms with Gasteiger partial charge in [0.1, 0.15) is 0 Å². The molecule has 0 heterocycles. The van der Waals surface area contributed by atoms with Crippen LogP contribution in [-0.4, -0.2) is 11.2 Å². The van der Waals surface area contributed by atoms with Gasteiger partial charge in [0.15, 0.2) is 0 Å². The average Bonchev–Trinajstić information content (AvgIpc) is 2.43. The maximum Gasteiger partial charge on any atom is 0.0542 e. The molecule has 1 saturated carbocycles. The number of unbranched alkanes of at least 4 members (excludes halogenated alkanes) is 1. The Bertz CT molecular complexity index is 125. The van der Waals surface area contributed by atoms with Crippen molar-refractivity contribution in [2.75, 3.05) is 0 Å². The first-order valence-corrected chi connectivity index (χ1v) is 6.51. The largest absolute Gasteiger partial charge is 0.393 e. The fourth-order valence-electron chi connectivity index (χ4n) is 2.54. The molecule has 1 N–H and O–H groups in total. The molecule has 0 aromatic rings. The molecule has 1 fully saturated rings. The monoisotopic (exact) mass is 198 g/mol. The molecule has 14 heavy (non-hydrogen) atoms. The van der Waals surface area contributed by atoms with Gasteiger partial charge in [-0.05, 0) is 18.8 Å². The average molecular weight is 198 g/mol. The van der Waals surface area contributed by atoms with E-state index in [1.54, 1.807) is 0 Å². The second-order valence-electron chi connectivity index (χ2n) is 4.89. The van der Waals surface area contributed by atoms with E-state index in [0.717, 1.165) is 18.8 Å². The first-order chi connectivity index (χ1) is 6.83. The zero-order valence-electron chi connectivity index (χ0n) is 9.67. The molecular formula is C13H26O. The standard InChI is InChI=1S/C13H26O/c1-2-3-10-13(14)11-12-8-6-4-5-7-9-12/h12-14H,2-11H2,1H3. The van der Waals surface area contributed by atoms with Gasteiger partial charge in [0.25, 0.3) is 0 Å². The third-order valence-corrected chi connectivity index (χ3v) is 3.47. The van der Waals surface area contributed by atoms with Gasteiger partial charge in [0, 0.05) is 0 Å². The molecule has 0 saturated heterocycles. The second-order valence-corrected chi connectivity index (χ2v) is 4.89. The maximum atomic E-state index is 9.82. The van der Waals surface area contributed by atoms with Gasteiger partial charge in [-0.2, -0.15) is 0 Å². The Balaban J connectivity index is 2.13. The molecule has 0 bridgehead atoms. The minimum absolute atomic E-state index is 0.0157. The Hall–Kier alpha value is -0.0400. The highest BCUT2D eigenvalue weighted by molar-refractivity contribution is 4.68. The minimum atomic E-state index is -0.0157. The quantitative estimate of drug-likeness (QED) is 0.664. The molecule has 0 aromatic carbocycles. The van der Waals surface area contributed by atoms with Gasteiger partial charge in [0.05, 0.1) is 6.10 Å². The first-order valence-electron chi connectivity index (χ1n) is 6.51. The zero-order chi connectivity index (χ0) is 10.2. The topological polar surface area (TPSA) is 20.2 Å². The molecule has 0 amide bonds. The van der Waals surface area contributed by atoms with E-state index >= 15 is 0 Å². The summed E-state index contributed by atoms with van der Waals surface area (Å²) >= 11 is 0. The van der Waals surface area contributed by atoms with Crippen LogP contribution < -0.4 is 0 Å². The summed E-state index contributed by atoms with van der Waals surface area (Å²) < 4.78 is 0. The van der Waals surface area contributed by atoms with E-state index in [0.29, 0.717) is 0 Å². The number of rotatable bonds is 5. The fraction of sp³-hybridized carbons (Fsp3) is 1.00. The summed E-state index contributed by atoms with van der Waals surface area (Å²) in [5, 5.41) is 9.82. The lowest BCUT2D eigenvalue weighted by Crippen LogP contribution is -2.13. The lowest BCUT2D eigenvalue weighted by Gasteiger charge is -2.18. The molecule has 1 atom stereocenters. The summed E-state index contributed by atoms with van der Waals surface area (Å²) in [5.41, 5.74) is 0. The Morgan fingerprint density at radius 3 is 2.36 bits per heavy atom. The Morgan fingerprint density at radius 1 is 1.14 bits per heavy atom. The van der Waals surface area contributed by atoms with Crippen LogP contribution in [0.25, 0.3) is 0 Å². The zero-order valence-corrected chi connectivity index (χ0v) is 9.67. The van der Waals surface area contributed by atoms with Crippen molar-refractivity contribution in [2.45, 2.75) is 77.2 Å². The molecule has 1 unspecified atom stereocenters. The Morgan fingerprint density at radius 2 is 1.79 bits per heavy atom. The maximum absolute atomic E-state index is 9.82. The molecule has 0 radical (unpaired) electrons. The van der Waals surface area contributed by atoms with Gasteiger partial charge >= 0.3 is 0 Å². The van der Waals surface area contributed by atoms with Crippen molar-refractivity contribution in [1.29, 1.82) is 0 Å². The highest BCUT2D eigenvalue weighted by Crippen LogP contribution is 2.27. The van der Waals surface area contributed by atoms with Gasteiger partial charge in [-0.25, -0.2) is 0 Å². The van der Waals surface area contributed by atoms with E-state index in [9.17, 15) is 5.11 Å². The Labute approximate surface area is 88.9 Å². The van der Waals surface area contributed by atoms with Crippen LogP contribution in [0.2, 0.25) is 0 Å². The SMILES string of the molecule is CCCCC(O)CC1CCCCCC1. The molecule has 0 spiro atoms. The minimum Gasteiger partial charge on any atom is -0.393 e. The number of aliphatic hydroxyl groups excluding tert-OH is 1. The van der Waals surface area contributed by atoms with Crippen molar-refractivity contribution in [3.63, 3.8) is 0 Å². The summed E-state index contributed by atoms with van der Waals surface area (Å²) in [5.74, 6) is 0.823. The molecule has 1 aliphatic carbocycles. The van der Waals surface area contributed by atoms with Crippen LogP contribution in [0.5, 0.6) is 0 Å². The van der Waals surface area contributed by atoms with E-state index in [-0.39, 0.29) is 6.10 Å². The summed E-state index contributed by atoms with van der Waals surface area (Å²) in [7, 11) is 0. The lowest BCUT2D eigenvalue weighted by molar-refractivity contribution is 0.126. The van der Waals surface area contributed by atoms with E-state index in [4.69, 9.17) is 0 Å². The van der Waals surface area contributed by atoms with Gasteiger partial charge in [0.2, 0.25) is 0 Å². The van der Waals surface area contributed by atoms with Gasteiger partial charge in [-0.1, -0.05) is 58.3 Å². The highest BCUT2D eigenvalue weighted by Gasteiger charge is 2.15. The predicted molar refractivity (Wildman–Crippen MR) is 61.3 cm³/mol. The van der Waals surface area contributed by atoms with E-state index < -0.39 is 0 Å². The van der Waals surface area contributed by atoms with Crippen LogP contribution in [0.4, 0.5) is 0 Å². The van der Waals surface area contributed by atoms with Crippen molar-refractivity contribution in [3.8, 4) is 0 Å². The molecule has 1 nitrogen and oxygen atoms in total. The summed E-state index contributed by atoms with van der Waals surface area (Å²) in [4.78, 5) is 0. The van der Waals surface area contributed by atoms with Crippen LogP contribution in [0.3, 0.4) is 0 Å². The molecular weight excluding hydrogens is 172 g/mol. The third-order valence-electron chi connectivity index (χ3n) is 3.47.